The molecule has 0 aliphatic carbocycles. The zero-order chi connectivity index (χ0) is 14.2. The molecule has 2 aromatic carbocycles. The standard InChI is InChI=1S/C18H23NO/c1-3-19-15(2)14-20-18(16-10-6-4-7-11-16)17-12-8-5-9-13-17/h4-13,15,18-19H,3,14H2,1-2H3. The highest BCUT2D eigenvalue weighted by Gasteiger charge is 2.15. The van der Waals surface area contributed by atoms with Gasteiger partial charge in [-0.15, -0.1) is 0 Å². The van der Waals surface area contributed by atoms with Gasteiger partial charge >= 0.3 is 0 Å². The SMILES string of the molecule is CCNC(C)COC(c1ccccc1)c1ccccc1. The van der Waals surface area contributed by atoms with Crippen LogP contribution >= 0.6 is 0 Å². The minimum absolute atomic E-state index is 0.00138. The van der Waals surface area contributed by atoms with Crippen molar-refractivity contribution < 1.29 is 4.74 Å². The van der Waals surface area contributed by atoms with E-state index in [-0.39, 0.29) is 6.10 Å². The number of nitrogens with one attached hydrogen (secondary N) is 1. The Morgan fingerprint density at radius 2 is 1.40 bits per heavy atom. The summed E-state index contributed by atoms with van der Waals surface area (Å²) in [5.41, 5.74) is 2.39. The van der Waals surface area contributed by atoms with E-state index in [4.69, 9.17) is 4.74 Å². The molecule has 2 heteroatoms. The van der Waals surface area contributed by atoms with Crippen LogP contribution in [0.4, 0.5) is 0 Å². The molecule has 1 N–H and O–H groups in total. The summed E-state index contributed by atoms with van der Waals surface area (Å²) in [5.74, 6) is 0. The molecule has 0 aliphatic heterocycles. The topological polar surface area (TPSA) is 21.3 Å². The van der Waals surface area contributed by atoms with E-state index in [1.165, 1.54) is 11.1 Å². The predicted octanol–water partition coefficient (Wildman–Crippen LogP) is 3.79. The molecule has 0 spiro atoms. The number of hydrogen-bond acceptors (Lipinski definition) is 2. The molecule has 1 atom stereocenters. The fraction of sp³-hybridized carbons (Fsp3) is 0.333. The summed E-state index contributed by atoms with van der Waals surface area (Å²) < 4.78 is 6.17. The second kappa shape index (κ2) is 7.83. The fourth-order valence-corrected chi connectivity index (χ4v) is 2.29. The Labute approximate surface area is 121 Å². The van der Waals surface area contributed by atoms with Gasteiger partial charge in [-0.2, -0.15) is 0 Å². The molecular weight excluding hydrogens is 246 g/mol. The van der Waals surface area contributed by atoms with Crippen molar-refractivity contribution in [2.75, 3.05) is 13.2 Å². The third kappa shape index (κ3) is 4.19. The van der Waals surface area contributed by atoms with Gasteiger partial charge in [-0.3, -0.25) is 0 Å². The maximum atomic E-state index is 6.17. The van der Waals surface area contributed by atoms with E-state index in [0.717, 1.165) is 6.54 Å². The predicted molar refractivity (Wildman–Crippen MR) is 83.8 cm³/mol. The molecule has 20 heavy (non-hydrogen) atoms. The third-order valence-electron chi connectivity index (χ3n) is 3.27. The van der Waals surface area contributed by atoms with Crippen LogP contribution in [0, 0.1) is 0 Å². The molecule has 0 fully saturated rings. The normalized spacial score (nSPS) is 12.6. The van der Waals surface area contributed by atoms with Crippen LogP contribution in [0.3, 0.4) is 0 Å². The highest BCUT2D eigenvalue weighted by Crippen LogP contribution is 2.25. The Morgan fingerprint density at radius 3 is 1.85 bits per heavy atom. The van der Waals surface area contributed by atoms with Crippen LogP contribution in [-0.2, 0) is 4.74 Å². The summed E-state index contributed by atoms with van der Waals surface area (Å²) in [7, 11) is 0. The largest absolute Gasteiger partial charge is 0.367 e. The molecule has 0 saturated heterocycles. The zero-order valence-corrected chi connectivity index (χ0v) is 12.3. The van der Waals surface area contributed by atoms with Crippen molar-refractivity contribution in [3.63, 3.8) is 0 Å². The molecule has 0 aromatic heterocycles. The van der Waals surface area contributed by atoms with Crippen molar-refractivity contribution in [1.82, 2.24) is 5.32 Å². The number of benzene rings is 2. The van der Waals surface area contributed by atoms with Crippen LogP contribution in [-0.4, -0.2) is 19.2 Å². The summed E-state index contributed by atoms with van der Waals surface area (Å²) in [6, 6.07) is 21.1. The minimum Gasteiger partial charge on any atom is -0.367 e. The molecule has 106 valence electrons. The first-order chi connectivity index (χ1) is 9.81. The van der Waals surface area contributed by atoms with Gasteiger partial charge in [0.1, 0.15) is 6.10 Å². The highest BCUT2D eigenvalue weighted by atomic mass is 16.5. The molecule has 0 heterocycles. The van der Waals surface area contributed by atoms with E-state index in [9.17, 15) is 0 Å². The van der Waals surface area contributed by atoms with Gasteiger partial charge in [0.15, 0.2) is 0 Å². The minimum atomic E-state index is -0.00138. The summed E-state index contributed by atoms with van der Waals surface area (Å²) >= 11 is 0. The van der Waals surface area contributed by atoms with Gasteiger partial charge in [0.05, 0.1) is 6.61 Å². The van der Waals surface area contributed by atoms with E-state index in [0.29, 0.717) is 12.6 Å². The average Bonchev–Trinajstić information content (AvgIpc) is 2.50. The van der Waals surface area contributed by atoms with Crippen molar-refractivity contribution in [2.45, 2.75) is 26.0 Å². The van der Waals surface area contributed by atoms with Crippen molar-refractivity contribution in [2.24, 2.45) is 0 Å². The Balaban J connectivity index is 2.13. The average molecular weight is 269 g/mol. The van der Waals surface area contributed by atoms with Crippen LogP contribution in [0.15, 0.2) is 60.7 Å². The lowest BCUT2D eigenvalue weighted by molar-refractivity contribution is 0.0659. The number of likely N-dealkylation sites (N-methyl/N-ethyl adjacent to an activating group) is 1. The van der Waals surface area contributed by atoms with Crippen molar-refractivity contribution in [3.8, 4) is 0 Å². The summed E-state index contributed by atoms with van der Waals surface area (Å²) in [4.78, 5) is 0. The van der Waals surface area contributed by atoms with Crippen LogP contribution in [0.2, 0.25) is 0 Å². The number of rotatable bonds is 7. The number of ether oxygens (including phenoxy) is 1. The lowest BCUT2D eigenvalue weighted by Crippen LogP contribution is -2.31. The summed E-state index contributed by atoms with van der Waals surface area (Å²) in [6.45, 7) is 5.92. The fourth-order valence-electron chi connectivity index (χ4n) is 2.29. The molecule has 0 radical (unpaired) electrons. The molecule has 0 aliphatic rings. The quantitative estimate of drug-likeness (QED) is 0.825. The maximum Gasteiger partial charge on any atom is 0.108 e. The lowest BCUT2D eigenvalue weighted by atomic mass is 10.0. The van der Waals surface area contributed by atoms with Gasteiger partial charge in [-0.25, -0.2) is 0 Å². The monoisotopic (exact) mass is 269 g/mol. The first-order valence-electron chi connectivity index (χ1n) is 7.26. The third-order valence-corrected chi connectivity index (χ3v) is 3.27. The second-order valence-corrected chi connectivity index (χ2v) is 4.99. The highest BCUT2D eigenvalue weighted by molar-refractivity contribution is 5.29. The van der Waals surface area contributed by atoms with Gasteiger partial charge in [0.2, 0.25) is 0 Å². The van der Waals surface area contributed by atoms with Crippen molar-refractivity contribution in [3.05, 3.63) is 71.8 Å². The lowest BCUT2D eigenvalue weighted by Gasteiger charge is -2.21. The van der Waals surface area contributed by atoms with E-state index >= 15 is 0 Å². The zero-order valence-electron chi connectivity index (χ0n) is 12.3. The van der Waals surface area contributed by atoms with Gasteiger partial charge in [0, 0.05) is 6.04 Å². The first-order valence-corrected chi connectivity index (χ1v) is 7.26. The first kappa shape index (κ1) is 14.8. The Morgan fingerprint density at radius 1 is 0.900 bits per heavy atom. The van der Waals surface area contributed by atoms with Crippen LogP contribution in [0.25, 0.3) is 0 Å². The van der Waals surface area contributed by atoms with Crippen molar-refractivity contribution in [1.29, 1.82) is 0 Å². The molecule has 2 nitrogen and oxygen atoms in total. The van der Waals surface area contributed by atoms with Gasteiger partial charge < -0.3 is 10.1 Å². The van der Waals surface area contributed by atoms with E-state index in [1.807, 2.05) is 12.1 Å². The van der Waals surface area contributed by atoms with E-state index < -0.39 is 0 Å². The van der Waals surface area contributed by atoms with Crippen LogP contribution in [0.1, 0.15) is 31.1 Å². The van der Waals surface area contributed by atoms with Crippen LogP contribution in [0.5, 0.6) is 0 Å². The molecule has 0 saturated carbocycles. The Kier molecular flexibility index (Phi) is 5.78. The molecule has 2 aromatic rings. The van der Waals surface area contributed by atoms with Crippen LogP contribution < -0.4 is 5.32 Å². The summed E-state index contributed by atoms with van der Waals surface area (Å²) in [5, 5.41) is 3.38. The van der Waals surface area contributed by atoms with Gasteiger partial charge in [-0.1, -0.05) is 67.6 Å². The van der Waals surface area contributed by atoms with E-state index in [1.54, 1.807) is 0 Å². The Bertz CT molecular complexity index is 444. The molecule has 0 bridgehead atoms. The molecule has 2 rings (SSSR count). The van der Waals surface area contributed by atoms with E-state index in [2.05, 4.69) is 67.7 Å². The van der Waals surface area contributed by atoms with Crippen molar-refractivity contribution >= 4 is 0 Å². The second-order valence-electron chi connectivity index (χ2n) is 4.99. The smallest absolute Gasteiger partial charge is 0.108 e. The number of hydrogen-bond donors (Lipinski definition) is 1. The van der Waals surface area contributed by atoms with Gasteiger partial charge in [0.25, 0.3) is 0 Å². The summed E-state index contributed by atoms with van der Waals surface area (Å²) in [6.07, 6.45) is -0.00138. The molecule has 0 amide bonds. The Hall–Kier alpha value is -1.64. The molecular formula is C18H23NO. The maximum absolute atomic E-state index is 6.17. The van der Waals surface area contributed by atoms with Gasteiger partial charge in [-0.05, 0) is 24.6 Å². The molecule has 1 unspecified atom stereocenters.